The number of nitrogens with one attached hydrogen (secondary N) is 2. The summed E-state index contributed by atoms with van der Waals surface area (Å²) < 4.78 is 0. The number of amidine groups is 1. The lowest BCUT2D eigenvalue weighted by Gasteiger charge is -2.27. The van der Waals surface area contributed by atoms with Gasteiger partial charge in [0.05, 0.1) is 0 Å². The fourth-order valence-electron chi connectivity index (χ4n) is 0.967. The number of carbonyl (C=O) groups excluding carboxylic acids is 2. The van der Waals surface area contributed by atoms with E-state index < -0.39 is 17.9 Å². The molecule has 1 rings (SSSR count). The van der Waals surface area contributed by atoms with Crippen LogP contribution in [0.1, 0.15) is 0 Å². The maximum absolute atomic E-state index is 11.0. The van der Waals surface area contributed by atoms with E-state index in [1.807, 2.05) is 0 Å². The number of nitrogens with zero attached hydrogens (tertiary/aromatic N) is 1. The largest absolute Gasteiger partial charge is 0.387 e. The molecule has 6 heteroatoms. The molecule has 1 unspecified atom stereocenters. The van der Waals surface area contributed by atoms with Gasteiger partial charge in [-0.05, 0) is 0 Å². The standard InChI is InChI=1S/C6H10N4O2/c1-10-2-3(4(7)8)5(11)9-6(10)12/h3H,2H2,1H3,(H3,7,8)(H,9,11,12). The van der Waals surface area contributed by atoms with Crippen molar-refractivity contribution in [2.45, 2.75) is 0 Å². The van der Waals surface area contributed by atoms with Crippen molar-refractivity contribution in [3.63, 3.8) is 0 Å². The maximum atomic E-state index is 11.0. The van der Waals surface area contributed by atoms with Gasteiger partial charge in [-0.3, -0.25) is 15.5 Å². The lowest BCUT2D eigenvalue weighted by molar-refractivity contribution is -0.123. The third-order valence-corrected chi connectivity index (χ3v) is 1.73. The van der Waals surface area contributed by atoms with Crippen LogP contribution in [0.3, 0.4) is 0 Å². The quantitative estimate of drug-likeness (QED) is 0.337. The molecule has 1 aliphatic heterocycles. The second kappa shape index (κ2) is 2.80. The van der Waals surface area contributed by atoms with Crippen molar-refractivity contribution < 1.29 is 9.59 Å². The summed E-state index contributed by atoms with van der Waals surface area (Å²) in [5.41, 5.74) is 5.15. The molecule has 0 aromatic carbocycles. The molecule has 0 spiro atoms. The second-order valence-corrected chi connectivity index (χ2v) is 2.68. The van der Waals surface area contributed by atoms with Gasteiger partial charge in [-0.15, -0.1) is 0 Å². The smallest absolute Gasteiger partial charge is 0.323 e. The molecule has 0 aliphatic carbocycles. The summed E-state index contributed by atoms with van der Waals surface area (Å²) in [5, 5.41) is 9.14. The molecular weight excluding hydrogens is 160 g/mol. The highest BCUT2D eigenvalue weighted by Crippen LogP contribution is 2.05. The van der Waals surface area contributed by atoms with E-state index in [1.54, 1.807) is 0 Å². The Hall–Kier alpha value is -1.59. The van der Waals surface area contributed by atoms with Gasteiger partial charge in [0.1, 0.15) is 11.8 Å². The average Bonchev–Trinajstić information content (AvgIpc) is 1.96. The Morgan fingerprint density at radius 2 is 2.33 bits per heavy atom. The molecule has 1 heterocycles. The number of imide groups is 1. The van der Waals surface area contributed by atoms with Gasteiger partial charge in [-0.25, -0.2) is 4.79 Å². The summed E-state index contributed by atoms with van der Waals surface area (Å²) in [7, 11) is 1.54. The third kappa shape index (κ3) is 1.36. The van der Waals surface area contributed by atoms with Gasteiger partial charge >= 0.3 is 6.03 Å². The normalized spacial score (nSPS) is 23.8. The van der Waals surface area contributed by atoms with Crippen LogP contribution in [0.15, 0.2) is 0 Å². The first kappa shape index (κ1) is 8.51. The van der Waals surface area contributed by atoms with Crippen LogP contribution in [0, 0.1) is 11.3 Å². The Labute approximate surface area is 69.2 Å². The Balaban J connectivity index is 2.74. The van der Waals surface area contributed by atoms with Crippen molar-refractivity contribution in [2.24, 2.45) is 11.7 Å². The minimum atomic E-state index is -0.701. The molecule has 4 N–H and O–H groups in total. The molecule has 0 aromatic heterocycles. The molecular formula is C6H10N4O2. The topological polar surface area (TPSA) is 99.3 Å². The first-order valence-corrected chi connectivity index (χ1v) is 3.42. The third-order valence-electron chi connectivity index (χ3n) is 1.73. The number of hydrogen-bond donors (Lipinski definition) is 3. The molecule has 6 nitrogen and oxygen atoms in total. The van der Waals surface area contributed by atoms with Crippen LogP contribution in [-0.4, -0.2) is 36.3 Å². The van der Waals surface area contributed by atoms with Crippen LogP contribution in [-0.2, 0) is 4.79 Å². The van der Waals surface area contributed by atoms with Crippen LogP contribution in [0.2, 0.25) is 0 Å². The molecule has 0 bridgehead atoms. The van der Waals surface area contributed by atoms with Crippen LogP contribution < -0.4 is 11.1 Å². The highest BCUT2D eigenvalue weighted by molar-refractivity contribution is 6.08. The van der Waals surface area contributed by atoms with Crippen molar-refractivity contribution in [3.05, 3.63) is 0 Å². The van der Waals surface area contributed by atoms with E-state index >= 15 is 0 Å². The van der Waals surface area contributed by atoms with Gasteiger partial charge in [-0.2, -0.15) is 0 Å². The van der Waals surface area contributed by atoms with Crippen molar-refractivity contribution in [3.8, 4) is 0 Å². The lowest BCUT2D eigenvalue weighted by atomic mass is 10.1. The number of amides is 3. The first-order chi connectivity index (χ1) is 5.52. The van der Waals surface area contributed by atoms with Gasteiger partial charge < -0.3 is 10.6 Å². The highest BCUT2D eigenvalue weighted by atomic mass is 16.2. The second-order valence-electron chi connectivity index (χ2n) is 2.68. The number of urea groups is 1. The fraction of sp³-hybridized carbons (Fsp3) is 0.500. The predicted molar refractivity (Wildman–Crippen MR) is 41.6 cm³/mol. The van der Waals surface area contributed by atoms with Crippen LogP contribution in [0.5, 0.6) is 0 Å². The van der Waals surface area contributed by atoms with Gasteiger partial charge in [-0.1, -0.05) is 0 Å². The molecule has 3 amide bonds. The maximum Gasteiger partial charge on any atom is 0.323 e. The summed E-state index contributed by atoms with van der Waals surface area (Å²) in [4.78, 5) is 23.2. The highest BCUT2D eigenvalue weighted by Gasteiger charge is 2.31. The molecule has 1 saturated heterocycles. The zero-order chi connectivity index (χ0) is 9.30. The van der Waals surface area contributed by atoms with E-state index in [0.717, 1.165) is 0 Å². The summed E-state index contributed by atoms with van der Waals surface area (Å²) in [6, 6.07) is -0.447. The minimum Gasteiger partial charge on any atom is -0.387 e. The lowest BCUT2D eigenvalue weighted by Crippen LogP contribution is -2.56. The molecule has 0 aromatic rings. The summed E-state index contributed by atoms with van der Waals surface area (Å²) >= 11 is 0. The van der Waals surface area contributed by atoms with Gasteiger partial charge in [0.25, 0.3) is 0 Å². The Morgan fingerprint density at radius 1 is 1.75 bits per heavy atom. The van der Waals surface area contributed by atoms with Crippen LogP contribution in [0.25, 0.3) is 0 Å². The van der Waals surface area contributed by atoms with E-state index in [9.17, 15) is 9.59 Å². The molecule has 1 fully saturated rings. The Morgan fingerprint density at radius 3 is 2.83 bits per heavy atom. The number of carbonyl (C=O) groups is 2. The Bertz CT molecular complexity index is 250. The van der Waals surface area contributed by atoms with Crippen molar-refractivity contribution in [2.75, 3.05) is 13.6 Å². The van der Waals surface area contributed by atoms with Gasteiger partial charge in [0, 0.05) is 13.6 Å². The molecule has 0 radical (unpaired) electrons. The zero-order valence-electron chi connectivity index (χ0n) is 6.63. The molecule has 1 aliphatic rings. The van der Waals surface area contributed by atoms with Crippen molar-refractivity contribution in [1.29, 1.82) is 5.41 Å². The summed E-state index contributed by atoms with van der Waals surface area (Å²) in [6.45, 7) is 0.181. The van der Waals surface area contributed by atoms with Crippen LogP contribution in [0.4, 0.5) is 4.79 Å². The summed E-state index contributed by atoms with van der Waals surface area (Å²) in [6.07, 6.45) is 0. The fourth-order valence-corrected chi connectivity index (χ4v) is 0.967. The van der Waals surface area contributed by atoms with E-state index in [-0.39, 0.29) is 12.4 Å². The average molecular weight is 170 g/mol. The molecule has 0 saturated carbocycles. The van der Waals surface area contributed by atoms with E-state index in [1.165, 1.54) is 11.9 Å². The van der Waals surface area contributed by atoms with E-state index in [4.69, 9.17) is 11.1 Å². The van der Waals surface area contributed by atoms with Crippen molar-refractivity contribution >= 4 is 17.8 Å². The monoisotopic (exact) mass is 170 g/mol. The Kier molecular flexibility index (Phi) is 1.99. The molecule has 1 atom stereocenters. The van der Waals surface area contributed by atoms with E-state index in [0.29, 0.717) is 0 Å². The molecule has 66 valence electrons. The predicted octanol–water partition coefficient (Wildman–Crippen LogP) is -1.28. The van der Waals surface area contributed by atoms with Gasteiger partial charge in [0.2, 0.25) is 5.91 Å². The zero-order valence-corrected chi connectivity index (χ0v) is 6.63. The van der Waals surface area contributed by atoms with E-state index in [2.05, 4.69) is 5.32 Å². The molecule has 12 heavy (non-hydrogen) atoms. The first-order valence-electron chi connectivity index (χ1n) is 3.42. The SMILES string of the molecule is CN1CC(C(=N)N)C(=O)NC1=O. The summed E-state index contributed by atoms with van der Waals surface area (Å²) in [5.74, 6) is -1.41. The van der Waals surface area contributed by atoms with Crippen LogP contribution >= 0.6 is 0 Å². The minimum absolute atomic E-state index is 0.181. The number of nitrogens with two attached hydrogens (primary N) is 1. The number of hydrogen-bond acceptors (Lipinski definition) is 3. The van der Waals surface area contributed by atoms with Crippen molar-refractivity contribution in [1.82, 2.24) is 10.2 Å². The van der Waals surface area contributed by atoms with Gasteiger partial charge in [0.15, 0.2) is 0 Å². The number of rotatable bonds is 1.